The molecule has 0 atom stereocenters. The summed E-state index contributed by atoms with van der Waals surface area (Å²) in [5, 5.41) is 0. The van der Waals surface area contributed by atoms with Gasteiger partial charge in [-0.05, 0) is 35.6 Å². The molecule has 1 aromatic rings. The molecule has 0 spiro atoms. The fourth-order valence-corrected chi connectivity index (χ4v) is 1.78. The normalized spacial score (nSPS) is 11.8. The van der Waals surface area contributed by atoms with Gasteiger partial charge < -0.3 is 4.74 Å². The molecule has 16 heavy (non-hydrogen) atoms. The first kappa shape index (κ1) is 13.7. The van der Waals surface area contributed by atoms with Crippen molar-refractivity contribution in [1.29, 1.82) is 0 Å². The fourth-order valence-electron chi connectivity index (χ4n) is 1.26. The lowest BCUT2D eigenvalue weighted by Gasteiger charge is -2.17. The van der Waals surface area contributed by atoms with Crippen LogP contribution in [0, 0.1) is 11.2 Å². The Balaban J connectivity index is 2.37. The van der Waals surface area contributed by atoms with E-state index in [0.29, 0.717) is 13.2 Å². The number of hydrogen-bond donors (Lipinski definition) is 0. The van der Waals surface area contributed by atoms with Crippen molar-refractivity contribution >= 4 is 15.9 Å². The van der Waals surface area contributed by atoms with Crippen molar-refractivity contribution in [2.24, 2.45) is 5.41 Å². The van der Waals surface area contributed by atoms with E-state index in [9.17, 15) is 4.39 Å². The standard InChI is InChI=1S/C13H18BrFO/c1-13(2,3)4-5-16-9-10-6-11(14)8-12(15)7-10/h6-8H,4-5,9H2,1-3H3. The van der Waals surface area contributed by atoms with Crippen LogP contribution in [0.2, 0.25) is 0 Å². The van der Waals surface area contributed by atoms with Crippen LogP contribution in [-0.2, 0) is 11.3 Å². The maximum absolute atomic E-state index is 13.0. The first-order valence-corrected chi connectivity index (χ1v) is 6.19. The highest BCUT2D eigenvalue weighted by molar-refractivity contribution is 9.10. The minimum absolute atomic E-state index is 0.233. The van der Waals surface area contributed by atoms with E-state index >= 15 is 0 Å². The molecule has 0 saturated heterocycles. The molecule has 90 valence electrons. The van der Waals surface area contributed by atoms with Crippen LogP contribution in [-0.4, -0.2) is 6.61 Å². The molecule has 0 heterocycles. The summed E-state index contributed by atoms with van der Waals surface area (Å²) in [6.45, 7) is 7.70. The summed E-state index contributed by atoms with van der Waals surface area (Å²) in [4.78, 5) is 0. The predicted octanol–water partition coefficient (Wildman–Crippen LogP) is 4.54. The van der Waals surface area contributed by atoms with Crippen LogP contribution in [0.25, 0.3) is 0 Å². The van der Waals surface area contributed by atoms with Gasteiger partial charge in [-0.25, -0.2) is 4.39 Å². The van der Waals surface area contributed by atoms with Crippen LogP contribution in [0.1, 0.15) is 32.8 Å². The maximum atomic E-state index is 13.0. The third-order valence-corrected chi connectivity index (χ3v) is 2.65. The largest absolute Gasteiger partial charge is 0.377 e. The third-order valence-electron chi connectivity index (χ3n) is 2.19. The summed E-state index contributed by atoms with van der Waals surface area (Å²) in [6, 6.07) is 4.82. The molecule has 0 bridgehead atoms. The Morgan fingerprint density at radius 1 is 1.25 bits per heavy atom. The van der Waals surface area contributed by atoms with E-state index in [0.717, 1.165) is 16.5 Å². The second-order valence-corrected chi connectivity index (χ2v) is 6.06. The summed E-state index contributed by atoms with van der Waals surface area (Å²) in [5.74, 6) is -0.233. The van der Waals surface area contributed by atoms with Crippen molar-refractivity contribution in [3.05, 3.63) is 34.1 Å². The Kier molecular flexibility index (Phi) is 4.93. The molecule has 0 unspecified atom stereocenters. The molecule has 0 aliphatic rings. The SMILES string of the molecule is CC(C)(C)CCOCc1cc(F)cc(Br)c1. The fraction of sp³-hybridized carbons (Fsp3) is 0.538. The third kappa shape index (κ3) is 5.61. The van der Waals surface area contributed by atoms with Gasteiger partial charge in [-0.15, -0.1) is 0 Å². The molecule has 1 nitrogen and oxygen atoms in total. The highest BCUT2D eigenvalue weighted by atomic mass is 79.9. The van der Waals surface area contributed by atoms with E-state index in [2.05, 4.69) is 36.7 Å². The molecule has 0 amide bonds. The number of hydrogen-bond acceptors (Lipinski definition) is 1. The van der Waals surface area contributed by atoms with Crippen LogP contribution >= 0.6 is 15.9 Å². The molecular formula is C13H18BrFO. The number of ether oxygens (including phenoxy) is 1. The molecule has 0 aliphatic carbocycles. The highest BCUT2D eigenvalue weighted by Gasteiger charge is 2.09. The van der Waals surface area contributed by atoms with E-state index < -0.39 is 0 Å². The summed E-state index contributed by atoms with van der Waals surface area (Å²) in [7, 11) is 0. The first-order chi connectivity index (χ1) is 7.37. The molecule has 1 aromatic carbocycles. The molecule has 0 N–H and O–H groups in total. The van der Waals surface area contributed by atoms with Crippen LogP contribution in [0.3, 0.4) is 0 Å². The molecule has 0 saturated carbocycles. The van der Waals surface area contributed by atoms with Crippen molar-refractivity contribution < 1.29 is 9.13 Å². The average Bonchev–Trinajstić information content (AvgIpc) is 2.09. The minimum atomic E-state index is -0.233. The summed E-state index contributed by atoms with van der Waals surface area (Å²) < 4.78 is 19.3. The van der Waals surface area contributed by atoms with E-state index in [1.165, 1.54) is 12.1 Å². The van der Waals surface area contributed by atoms with Gasteiger partial charge >= 0.3 is 0 Å². The molecule has 0 aliphatic heterocycles. The van der Waals surface area contributed by atoms with Gasteiger partial charge in [-0.3, -0.25) is 0 Å². The van der Waals surface area contributed by atoms with Crippen molar-refractivity contribution in [2.75, 3.05) is 6.61 Å². The van der Waals surface area contributed by atoms with Crippen LogP contribution in [0.15, 0.2) is 22.7 Å². The Morgan fingerprint density at radius 2 is 1.94 bits per heavy atom. The van der Waals surface area contributed by atoms with Crippen LogP contribution in [0.4, 0.5) is 4.39 Å². The van der Waals surface area contributed by atoms with E-state index in [1.54, 1.807) is 0 Å². The lowest BCUT2D eigenvalue weighted by atomic mass is 9.93. The van der Waals surface area contributed by atoms with Crippen LogP contribution < -0.4 is 0 Å². The van der Waals surface area contributed by atoms with Crippen molar-refractivity contribution in [1.82, 2.24) is 0 Å². The van der Waals surface area contributed by atoms with Gasteiger partial charge in [0.2, 0.25) is 0 Å². The molecule has 0 aromatic heterocycles. The molecule has 0 radical (unpaired) electrons. The molecule has 3 heteroatoms. The Bertz CT molecular complexity index is 324. The Labute approximate surface area is 105 Å². The first-order valence-electron chi connectivity index (χ1n) is 5.39. The summed E-state index contributed by atoms with van der Waals surface area (Å²) in [6.07, 6.45) is 1.00. The smallest absolute Gasteiger partial charge is 0.124 e. The Hall–Kier alpha value is -0.410. The lowest BCUT2D eigenvalue weighted by Crippen LogP contribution is -2.09. The highest BCUT2D eigenvalue weighted by Crippen LogP contribution is 2.19. The van der Waals surface area contributed by atoms with E-state index in [-0.39, 0.29) is 11.2 Å². The quantitative estimate of drug-likeness (QED) is 0.739. The zero-order valence-electron chi connectivity index (χ0n) is 10.0. The average molecular weight is 289 g/mol. The zero-order valence-corrected chi connectivity index (χ0v) is 11.6. The van der Waals surface area contributed by atoms with Crippen molar-refractivity contribution in [2.45, 2.75) is 33.8 Å². The number of benzene rings is 1. The summed E-state index contributed by atoms with van der Waals surface area (Å²) >= 11 is 3.26. The van der Waals surface area contributed by atoms with Gasteiger partial charge in [-0.2, -0.15) is 0 Å². The topological polar surface area (TPSA) is 9.23 Å². The van der Waals surface area contributed by atoms with Gasteiger partial charge in [0, 0.05) is 11.1 Å². The van der Waals surface area contributed by atoms with Gasteiger partial charge in [0.05, 0.1) is 6.61 Å². The monoisotopic (exact) mass is 288 g/mol. The van der Waals surface area contributed by atoms with Gasteiger partial charge in [0.1, 0.15) is 5.82 Å². The zero-order chi connectivity index (χ0) is 12.2. The Morgan fingerprint density at radius 3 is 2.50 bits per heavy atom. The second kappa shape index (κ2) is 5.78. The molecular weight excluding hydrogens is 271 g/mol. The predicted molar refractivity (Wildman–Crippen MR) is 67.8 cm³/mol. The van der Waals surface area contributed by atoms with Gasteiger partial charge in [-0.1, -0.05) is 36.7 Å². The van der Waals surface area contributed by atoms with Gasteiger partial charge in [0.15, 0.2) is 0 Å². The molecule has 1 rings (SSSR count). The van der Waals surface area contributed by atoms with E-state index in [1.807, 2.05) is 6.07 Å². The number of halogens is 2. The van der Waals surface area contributed by atoms with Crippen molar-refractivity contribution in [3.63, 3.8) is 0 Å². The van der Waals surface area contributed by atoms with Gasteiger partial charge in [0.25, 0.3) is 0 Å². The summed E-state index contributed by atoms with van der Waals surface area (Å²) in [5.41, 5.74) is 1.14. The van der Waals surface area contributed by atoms with Crippen LogP contribution in [0.5, 0.6) is 0 Å². The number of rotatable bonds is 4. The molecule has 0 fully saturated rings. The minimum Gasteiger partial charge on any atom is -0.377 e. The van der Waals surface area contributed by atoms with Crippen molar-refractivity contribution in [3.8, 4) is 0 Å². The maximum Gasteiger partial charge on any atom is 0.124 e. The van der Waals surface area contributed by atoms with E-state index in [4.69, 9.17) is 4.74 Å². The second-order valence-electron chi connectivity index (χ2n) is 5.14. The lowest BCUT2D eigenvalue weighted by molar-refractivity contribution is 0.0960.